The number of rotatable bonds is 6. The lowest BCUT2D eigenvalue weighted by atomic mass is 10.1. The summed E-state index contributed by atoms with van der Waals surface area (Å²) in [6, 6.07) is 14.1. The molecule has 2 aromatic rings. The van der Waals surface area contributed by atoms with E-state index in [9.17, 15) is 4.79 Å². The van der Waals surface area contributed by atoms with Gasteiger partial charge in [-0.1, -0.05) is 24.3 Å². The van der Waals surface area contributed by atoms with Gasteiger partial charge >= 0.3 is 0 Å². The monoisotopic (exact) mass is 422 g/mol. The molecule has 5 rings (SSSR count). The molecular formula is C25H30N2O4. The average Bonchev–Trinajstić information content (AvgIpc) is 3.50. The van der Waals surface area contributed by atoms with Gasteiger partial charge in [-0.05, 0) is 42.2 Å². The Morgan fingerprint density at radius 3 is 2.77 bits per heavy atom. The third-order valence-corrected chi connectivity index (χ3v) is 6.39. The topological polar surface area (TPSA) is 51.2 Å². The minimum atomic E-state index is 0.0530. The van der Waals surface area contributed by atoms with E-state index in [-0.39, 0.29) is 12.0 Å². The Balaban J connectivity index is 1.16. The van der Waals surface area contributed by atoms with Gasteiger partial charge in [0.15, 0.2) is 0 Å². The van der Waals surface area contributed by atoms with Gasteiger partial charge in [-0.25, -0.2) is 0 Å². The van der Waals surface area contributed by atoms with Crippen LogP contribution in [-0.4, -0.2) is 67.8 Å². The smallest absolute Gasteiger partial charge is 0.257 e. The maximum absolute atomic E-state index is 13.2. The Bertz CT molecular complexity index is 917. The van der Waals surface area contributed by atoms with Crippen molar-refractivity contribution in [2.24, 2.45) is 0 Å². The highest BCUT2D eigenvalue weighted by Gasteiger charge is 2.25. The highest BCUT2D eigenvalue weighted by atomic mass is 16.5. The summed E-state index contributed by atoms with van der Waals surface area (Å²) in [5.74, 6) is 1.74. The molecule has 0 spiro atoms. The van der Waals surface area contributed by atoms with Crippen LogP contribution in [0.2, 0.25) is 0 Å². The molecule has 6 heteroatoms. The van der Waals surface area contributed by atoms with E-state index in [0.717, 1.165) is 70.9 Å². The van der Waals surface area contributed by atoms with Crippen molar-refractivity contribution in [2.45, 2.75) is 31.9 Å². The predicted molar refractivity (Wildman–Crippen MR) is 118 cm³/mol. The number of amides is 1. The Kier molecular flexibility index (Phi) is 6.09. The zero-order chi connectivity index (χ0) is 21.0. The molecule has 3 aliphatic rings. The van der Waals surface area contributed by atoms with Crippen LogP contribution < -0.4 is 9.47 Å². The molecule has 6 nitrogen and oxygen atoms in total. The molecule has 0 aromatic heterocycles. The lowest BCUT2D eigenvalue weighted by Crippen LogP contribution is -2.48. The predicted octanol–water partition coefficient (Wildman–Crippen LogP) is 3.14. The number of carbonyl (C=O) groups excluding carboxylic acids is 1. The maximum Gasteiger partial charge on any atom is 0.257 e. The van der Waals surface area contributed by atoms with Gasteiger partial charge in [-0.15, -0.1) is 0 Å². The van der Waals surface area contributed by atoms with E-state index >= 15 is 0 Å². The number of carbonyl (C=O) groups is 1. The first kappa shape index (κ1) is 20.3. The van der Waals surface area contributed by atoms with Gasteiger partial charge in [0.2, 0.25) is 0 Å². The van der Waals surface area contributed by atoms with Gasteiger partial charge in [0, 0.05) is 45.8 Å². The molecule has 1 amide bonds. The van der Waals surface area contributed by atoms with Crippen LogP contribution in [0.1, 0.15) is 34.3 Å². The van der Waals surface area contributed by atoms with E-state index in [1.807, 2.05) is 29.2 Å². The highest BCUT2D eigenvalue weighted by molar-refractivity contribution is 5.97. The van der Waals surface area contributed by atoms with Crippen molar-refractivity contribution in [3.05, 3.63) is 59.2 Å². The van der Waals surface area contributed by atoms with E-state index in [0.29, 0.717) is 17.9 Å². The summed E-state index contributed by atoms with van der Waals surface area (Å²) < 4.78 is 17.2. The molecular weight excluding hydrogens is 392 g/mol. The van der Waals surface area contributed by atoms with E-state index < -0.39 is 0 Å². The molecule has 3 aliphatic heterocycles. The first-order valence-corrected chi connectivity index (χ1v) is 11.4. The van der Waals surface area contributed by atoms with E-state index in [4.69, 9.17) is 14.2 Å². The molecule has 0 N–H and O–H groups in total. The zero-order valence-electron chi connectivity index (χ0n) is 17.9. The Morgan fingerprint density at radius 2 is 1.94 bits per heavy atom. The summed E-state index contributed by atoms with van der Waals surface area (Å²) in [5, 5.41) is 0. The Morgan fingerprint density at radius 1 is 1.06 bits per heavy atom. The second kappa shape index (κ2) is 9.28. The van der Waals surface area contributed by atoms with Crippen molar-refractivity contribution in [3.63, 3.8) is 0 Å². The van der Waals surface area contributed by atoms with Crippen LogP contribution in [0.3, 0.4) is 0 Å². The molecule has 31 heavy (non-hydrogen) atoms. The highest BCUT2D eigenvalue weighted by Crippen LogP contribution is 2.27. The van der Waals surface area contributed by atoms with Gasteiger partial charge in [0.05, 0.1) is 18.3 Å². The van der Waals surface area contributed by atoms with E-state index in [1.54, 1.807) is 0 Å². The second-order valence-corrected chi connectivity index (χ2v) is 8.55. The van der Waals surface area contributed by atoms with E-state index in [1.165, 1.54) is 11.1 Å². The van der Waals surface area contributed by atoms with Crippen LogP contribution in [0.25, 0.3) is 0 Å². The molecule has 1 unspecified atom stereocenters. The summed E-state index contributed by atoms with van der Waals surface area (Å²) in [4.78, 5) is 17.6. The van der Waals surface area contributed by atoms with Crippen LogP contribution in [-0.2, 0) is 17.7 Å². The van der Waals surface area contributed by atoms with Crippen LogP contribution in [0.4, 0.5) is 0 Å². The lowest BCUT2D eigenvalue weighted by molar-refractivity contribution is 0.0593. The van der Waals surface area contributed by atoms with Crippen molar-refractivity contribution < 1.29 is 19.0 Å². The quantitative estimate of drug-likeness (QED) is 0.716. The first-order valence-electron chi connectivity index (χ1n) is 11.4. The maximum atomic E-state index is 13.2. The van der Waals surface area contributed by atoms with Crippen LogP contribution in [0.5, 0.6) is 11.5 Å². The van der Waals surface area contributed by atoms with Crippen molar-refractivity contribution in [1.82, 2.24) is 9.80 Å². The fourth-order valence-corrected chi connectivity index (χ4v) is 4.60. The molecule has 2 saturated heterocycles. The second-order valence-electron chi connectivity index (χ2n) is 8.55. The number of hydrogen-bond acceptors (Lipinski definition) is 5. The van der Waals surface area contributed by atoms with Gasteiger partial charge < -0.3 is 19.1 Å². The van der Waals surface area contributed by atoms with E-state index in [2.05, 4.69) is 23.1 Å². The molecule has 2 fully saturated rings. The molecule has 0 radical (unpaired) electrons. The van der Waals surface area contributed by atoms with Crippen LogP contribution >= 0.6 is 0 Å². The lowest BCUT2D eigenvalue weighted by Gasteiger charge is -2.35. The first-order chi connectivity index (χ1) is 15.3. The number of nitrogens with zero attached hydrogens (tertiary/aromatic N) is 2. The summed E-state index contributed by atoms with van der Waals surface area (Å²) in [6.07, 6.45) is 3.24. The van der Waals surface area contributed by atoms with Gasteiger partial charge in [0.1, 0.15) is 18.1 Å². The standard InChI is InChI=1S/C25H30N2O4/c28-25(22-5-1-2-6-24(22)31-18-21-4-3-14-29-21)27-12-10-26(11-13-27)17-19-7-8-23-20(16-19)9-15-30-23/h1-2,5-8,16,21H,3-4,9-15,17-18H2. The molecule has 164 valence electrons. The summed E-state index contributed by atoms with van der Waals surface area (Å²) in [7, 11) is 0. The Labute approximate surface area is 183 Å². The summed E-state index contributed by atoms with van der Waals surface area (Å²) >= 11 is 0. The molecule has 0 aliphatic carbocycles. The van der Waals surface area contributed by atoms with Crippen LogP contribution in [0, 0.1) is 0 Å². The third kappa shape index (κ3) is 4.70. The van der Waals surface area contributed by atoms with Gasteiger partial charge in [0.25, 0.3) is 5.91 Å². The number of ether oxygens (including phenoxy) is 3. The molecule has 0 bridgehead atoms. The average molecular weight is 423 g/mol. The summed E-state index contributed by atoms with van der Waals surface area (Å²) in [6.45, 7) is 6.22. The van der Waals surface area contributed by atoms with Gasteiger partial charge in [-0.2, -0.15) is 0 Å². The number of benzene rings is 2. The number of piperazine rings is 1. The number of hydrogen-bond donors (Lipinski definition) is 0. The molecule has 2 aromatic carbocycles. The molecule has 0 saturated carbocycles. The third-order valence-electron chi connectivity index (χ3n) is 6.39. The van der Waals surface area contributed by atoms with Crippen molar-refractivity contribution in [3.8, 4) is 11.5 Å². The van der Waals surface area contributed by atoms with Crippen molar-refractivity contribution in [1.29, 1.82) is 0 Å². The minimum absolute atomic E-state index is 0.0530. The van der Waals surface area contributed by atoms with Gasteiger partial charge in [-0.3, -0.25) is 9.69 Å². The zero-order valence-corrected chi connectivity index (χ0v) is 17.9. The fraction of sp³-hybridized carbons (Fsp3) is 0.480. The fourth-order valence-electron chi connectivity index (χ4n) is 4.60. The molecule has 3 heterocycles. The van der Waals surface area contributed by atoms with Crippen LogP contribution in [0.15, 0.2) is 42.5 Å². The minimum Gasteiger partial charge on any atom is -0.493 e. The SMILES string of the molecule is O=C(c1ccccc1OCC1CCCO1)N1CCN(Cc2ccc3c(c2)CCO3)CC1. The Hall–Kier alpha value is -2.57. The normalized spacial score (nSPS) is 21.0. The largest absolute Gasteiger partial charge is 0.493 e. The number of fused-ring (bicyclic) bond motifs is 1. The molecule has 1 atom stereocenters. The van der Waals surface area contributed by atoms with Crippen molar-refractivity contribution >= 4 is 5.91 Å². The summed E-state index contributed by atoms with van der Waals surface area (Å²) in [5.41, 5.74) is 3.27. The number of para-hydroxylation sites is 1. The van der Waals surface area contributed by atoms with Crippen molar-refractivity contribution in [2.75, 3.05) is 46.0 Å².